The molecule has 0 aliphatic heterocycles. The molecule has 0 spiro atoms. The van der Waals surface area contributed by atoms with Gasteiger partial charge in [-0.15, -0.1) is 11.3 Å². The first-order valence-corrected chi connectivity index (χ1v) is 9.49. The largest absolute Gasteiger partial charge is 0.488 e. The second-order valence-electron chi connectivity index (χ2n) is 5.85. The lowest BCUT2D eigenvalue weighted by Crippen LogP contribution is -2.10. The maximum Gasteiger partial charge on any atom is 0.132 e. The van der Waals surface area contributed by atoms with Gasteiger partial charge in [0.15, 0.2) is 0 Å². The molecule has 0 aliphatic carbocycles. The van der Waals surface area contributed by atoms with Crippen LogP contribution in [0.2, 0.25) is 5.02 Å². The highest BCUT2D eigenvalue weighted by Crippen LogP contribution is 2.36. The maximum absolute atomic E-state index is 6.29. The van der Waals surface area contributed by atoms with Crippen LogP contribution in [0.4, 0.5) is 0 Å². The molecule has 0 saturated carbocycles. The molecule has 0 amide bonds. The highest BCUT2D eigenvalue weighted by atomic mass is 35.5. The number of aryl methyl sites for hydroxylation is 1. The molecule has 0 fully saturated rings. The Balaban J connectivity index is 1.88. The summed E-state index contributed by atoms with van der Waals surface area (Å²) < 4.78 is 6.15. The Morgan fingerprint density at radius 3 is 2.76 bits per heavy atom. The summed E-state index contributed by atoms with van der Waals surface area (Å²) in [7, 11) is 1.95. The molecule has 3 aromatic rings. The molecule has 0 aliphatic rings. The Morgan fingerprint density at radius 1 is 1.20 bits per heavy atom. The number of ether oxygens (including phenoxy) is 1. The van der Waals surface area contributed by atoms with Crippen LogP contribution in [-0.2, 0) is 13.0 Å². The SMILES string of the molecule is CNCCc1nc(-c2cc(Cl)cc(C)c2OCc2ccccc2)cs1. The molecular weight excluding hydrogens is 352 g/mol. The number of aromatic nitrogens is 1. The van der Waals surface area contributed by atoms with Crippen LogP contribution >= 0.6 is 22.9 Å². The van der Waals surface area contributed by atoms with Gasteiger partial charge in [0.05, 0.1) is 10.7 Å². The topological polar surface area (TPSA) is 34.2 Å². The van der Waals surface area contributed by atoms with E-state index in [4.69, 9.17) is 21.3 Å². The molecule has 1 heterocycles. The molecular formula is C20H21ClN2OS. The van der Waals surface area contributed by atoms with Crippen molar-refractivity contribution in [1.82, 2.24) is 10.3 Å². The van der Waals surface area contributed by atoms with E-state index in [9.17, 15) is 0 Å². The molecule has 3 rings (SSSR count). The standard InChI is InChI=1S/C20H21ClN2OS/c1-14-10-16(21)11-17(18-13-25-19(23-18)8-9-22-2)20(14)24-12-15-6-4-3-5-7-15/h3-7,10-11,13,22H,8-9,12H2,1-2H3. The van der Waals surface area contributed by atoms with Crippen molar-refractivity contribution >= 4 is 22.9 Å². The van der Waals surface area contributed by atoms with E-state index in [2.05, 4.69) is 22.8 Å². The van der Waals surface area contributed by atoms with Gasteiger partial charge in [0, 0.05) is 28.9 Å². The Labute approximate surface area is 157 Å². The normalized spacial score (nSPS) is 10.8. The summed E-state index contributed by atoms with van der Waals surface area (Å²) in [6.07, 6.45) is 0.918. The van der Waals surface area contributed by atoms with Crippen molar-refractivity contribution < 1.29 is 4.74 Å². The summed E-state index contributed by atoms with van der Waals surface area (Å²) in [5, 5.41) is 7.03. The zero-order chi connectivity index (χ0) is 17.6. The molecule has 1 aromatic heterocycles. The Hall–Kier alpha value is -1.88. The van der Waals surface area contributed by atoms with Crippen molar-refractivity contribution in [3.63, 3.8) is 0 Å². The third-order valence-corrected chi connectivity index (χ3v) is 5.01. The number of thiazole rings is 1. The summed E-state index contributed by atoms with van der Waals surface area (Å²) in [5.74, 6) is 0.846. The monoisotopic (exact) mass is 372 g/mol. The van der Waals surface area contributed by atoms with E-state index < -0.39 is 0 Å². The quantitative estimate of drug-likeness (QED) is 0.625. The molecule has 5 heteroatoms. The average molecular weight is 373 g/mol. The highest BCUT2D eigenvalue weighted by Gasteiger charge is 2.14. The lowest BCUT2D eigenvalue weighted by molar-refractivity contribution is 0.305. The number of nitrogens with one attached hydrogen (secondary N) is 1. The fraction of sp³-hybridized carbons (Fsp3) is 0.250. The minimum atomic E-state index is 0.521. The first-order valence-electron chi connectivity index (χ1n) is 8.23. The van der Waals surface area contributed by atoms with E-state index in [0.29, 0.717) is 11.6 Å². The molecule has 0 saturated heterocycles. The second-order valence-corrected chi connectivity index (χ2v) is 7.23. The first kappa shape index (κ1) is 17.9. The zero-order valence-corrected chi connectivity index (χ0v) is 16.0. The lowest BCUT2D eigenvalue weighted by atomic mass is 10.1. The van der Waals surface area contributed by atoms with E-state index in [0.717, 1.165) is 46.1 Å². The predicted molar refractivity (Wildman–Crippen MR) is 106 cm³/mol. The van der Waals surface area contributed by atoms with Crippen molar-refractivity contribution in [3.05, 3.63) is 69.0 Å². The fourth-order valence-electron chi connectivity index (χ4n) is 2.62. The van der Waals surface area contributed by atoms with Crippen LogP contribution in [0.5, 0.6) is 5.75 Å². The Kier molecular flexibility index (Phi) is 6.08. The Morgan fingerprint density at radius 2 is 2.00 bits per heavy atom. The lowest BCUT2D eigenvalue weighted by Gasteiger charge is -2.14. The second kappa shape index (κ2) is 8.48. The minimum absolute atomic E-state index is 0.521. The van der Waals surface area contributed by atoms with Crippen molar-refractivity contribution in [2.24, 2.45) is 0 Å². The summed E-state index contributed by atoms with van der Waals surface area (Å²) in [5.41, 5.74) is 4.02. The van der Waals surface area contributed by atoms with Gasteiger partial charge < -0.3 is 10.1 Å². The van der Waals surface area contributed by atoms with Crippen molar-refractivity contribution in [2.75, 3.05) is 13.6 Å². The van der Waals surface area contributed by atoms with Gasteiger partial charge in [0.1, 0.15) is 12.4 Å². The number of hydrogen-bond donors (Lipinski definition) is 1. The number of nitrogens with zero attached hydrogens (tertiary/aromatic N) is 1. The maximum atomic E-state index is 6.29. The molecule has 0 radical (unpaired) electrons. The number of hydrogen-bond acceptors (Lipinski definition) is 4. The van der Waals surface area contributed by atoms with Gasteiger partial charge in [-0.25, -0.2) is 4.98 Å². The van der Waals surface area contributed by atoms with Crippen molar-refractivity contribution in [2.45, 2.75) is 20.0 Å². The molecule has 0 bridgehead atoms. The van der Waals surface area contributed by atoms with E-state index in [1.54, 1.807) is 11.3 Å². The van der Waals surface area contributed by atoms with E-state index >= 15 is 0 Å². The molecule has 0 atom stereocenters. The highest BCUT2D eigenvalue weighted by molar-refractivity contribution is 7.09. The number of benzene rings is 2. The van der Waals surface area contributed by atoms with Crippen molar-refractivity contribution in [1.29, 1.82) is 0 Å². The fourth-order valence-corrected chi connectivity index (χ4v) is 3.69. The number of likely N-dealkylation sites (N-methyl/N-ethyl adjacent to an activating group) is 1. The van der Waals surface area contributed by atoms with Gasteiger partial charge in [-0.3, -0.25) is 0 Å². The molecule has 25 heavy (non-hydrogen) atoms. The average Bonchev–Trinajstić information content (AvgIpc) is 3.08. The minimum Gasteiger partial charge on any atom is -0.488 e. The Bertz CT molecular complexity index is 833. The van der Waals surface area contributed by atoms with Crippen LogP contribution in [0.25, 0.3) is 11.3 Å². The molecule has 3 nitrogen and oxygen atoms in total. The number of halogens is 1. The molecule has 2 aromatic carbocycles. The summed E-state index contributed by atoms with van der Waals surface area (Å²) in [6.45, 7) is 3.45. The third-order valence-electron chi connectivity index (χ3n) is 3.88. The zero-order valence-electron chi connectivity index (χ0n) is 14.4. The van der Waals surface area contributed by atoms with Crippen LogP contribution in [0, 0.1) is 6.92 Å². The molecule has 130 valence electrons. The number of rotatable bonds is 7. The van der Waals surface area contributed by atoms with E-state index in [1.807, 2.05) is 44.3 Å². The summed E-state index contributed by atoms with van der Waals surface area (Å²) in [4.78, 5) is 4.76. The predicted octanol–water partition coefficient (Wildman–Crippen LogP) is 5.11. The van der Waals surface area contributed by atoms with Crippen molar-refractivity contribution in [3.8, 4) is 17.0 Å². The van der Waals surface area contributed by atoms with E-state index in [-0.39, 0.29) is 0 Å². The van der Waals surface area contributed by atoms with Gasteiger partial charge in [0.2, 0.25) is 0 Å². The summed E-state index contributed by atoms with van der Waals surface area (Å²) in [6, 6.07) is 14.0. The van der Waals surface area contributed by atoms with Gasteiger partial charge in [0.25, 0.3) is 0 Å². The van der Waals surface area contributed by atoms with Crippen LogP contribution in [0.3, 0.4) is 0 Å². The molecule has 1 N–H and O–H groups in total. The van der Waals surface area contributed by atoms with Gasteiger partial charge in [-0.05, 0) is 37.2 Å². The van der Waals surface area contributed by atoms with Gasteiger partial charge in [-0.2, -0.15) is 0 Å². The smallest absolute Gasteiger partial charge is 0.132 e. The van der Waals surface area contributed by atoms with Crippen LogP contribution < -0.4 is 10.1 Å². The third kappa shape index (κ3) is 4.60. The van der Waals surface area contributed by atoms with Crippen LogP contribution in [0.1, 0.15) is 16.1 Å². The van der Waals surface area contributed by atoms with E-state index in [1.165, 1.54) is 0 Å². The van der Waals surface area contributed by atoms with Gasteiger partial charge >= 0.3 is 0 Å². The van der Waals surface area contributed by atoms with Crippen LogP contribution in [-0.4, -0.2) is 18.6 Å². The van der Waals surface area contributed by atoms with Gasteiger partial charge in [-0.1, -0.05) is 41.9 Å². The molecule has 0 unspecified atom stereocenters. The first-order chi connectivity index (χ1) is 12.2. The van der Waals surface area contributed by atoms with Crippen LogP contribution in [0.15, 0.2) is 47.8 Å². The summed E-state index contributed by atoms with van der Waals surface area (Å²) >= 11 is 7.96.